The Bertz CT molecular complexity index is 1290. The van der Waals surface area contributed by atoms with Crippen molar-refractivity contribution in [2.75, 3.05) is 18.0 Å². The van der Waals surface area contributed by atoms with Crippen LogP contribution < -0.4 is 10.6 Å². The van der Waals surface area contributed by atoms with Gasteiger partial charge in [-0.15, -0.1) is 0 Å². The quantitative estimate of drug-likeness (QED) is 0.494. The molecule has 1 saturated heterocycles. The molecule has 0 amide bonds. The van der Waals surface area contributed by atoms with Crippen LogP contribution in [0.2, 0.25) is 0 Å². The van der Waals surface area contributed by atoms with Crippen LogP contribution in [0.1, 0.15) is 24.7 Å². The summed E-state index contributed by atoms with van der Waals surface area (Å²) in [5.41, 5.74) is 8.80. The lowest BCUT2D eigenvalue weighted by Crippen LogP contribution is -2.46. The first-order valence-corrected chi connectivity index (χ1v) is 10.8. The van der Waals surface area contributed by atoms with E-state index < -0.39 is 17.4 Å². The molecule has 0 bridgehead atoms. The number of nitrogens with zero attached hydrogens (tertiary/aromatic N) is 5. The Labute approximate surface area is 189 Å². The first-order chi connectivity index (χ1) is 15.9. The molecule has 2 atom stereocenters. The number of aromatic nitrogens is 4. The third-order valence-electron chi connectivity index (χ3n) is 6.00. The third-order valence-corrected chi connectivity index (χ3v) is 6.00. The van der Waals surface area contributed by atoms with Crippen LogP contribution in [-0.4, -0.2) is 43.8 Å². The van der Waals surface area contributed by atoms with Crippen molar-refractivity contribution in [3.63, 3.8) is 0 Å². The van der Waals surface area contributed by atoms with E-state index in [0.717, 1.165) is 42.9 Å². The highest BCUT2D eigenvalue weighted by atomic mass is 19.1. The number of anilines is 1. The topological polar surface area (TPSA) is 92.6 Å². The monoisotopic (exact) mass is 450 g/mol. The van der Waals surface area contributed by atoms with Crippen LogP contribution in [0.25, 0.3) is 16.8 Å². The number of hydrogen-bond donors (Lipinski definition) is 2. The van der Waals surface area contributed by atoms with Gasteiger partial charge < -0.3 is 15.7 Å². The number of halogens is 2. The number of phenols is 1. The van der Waals surface area contributed by atoms with Crippen LogP contribution in [0.15, 0.2) is 48.9 Å². The van der Waals surface area contributed by atoms with E-state index in [1.807, 2.05) is 12.3 Å². The normalized spacial score (nSPS) is 18.7. The van der Waals surface area contributed by atoms with Crippen LogP contribution in [-0.2, 0) is 6.42 Å². The number of fused-ring (bicyclic) bond motifs is 1. The predicted molar refractivity (Wildman–Crippen MR) is 121 cm³/mol. The molecule has 0 radical (unpaired) electrons. The Morgan fingerprint density at radius 3 is 2.67 bits per heavy atom. The molecule has 1 aliphatic rings. The summed E-state index contributed by atoms with van der Waals surface area (Å²) in [5.74, 6) is -1.14. The number of aromatic hydroxyl groups is 1. The van der Waals surface area contributed by atoms with Crippen LogP contribution in [0.4, 0.5) is 14.5 Å². The lowest BCUT2D eigenvalue weighted by molar-refractivity contribution is 0.401. The van der Waals surface area contributed by atoms with Crippen LogP contribution in [0.5, 0.6) is 5.75 Å². The van der Waals surface area contributed by atoms with Gasteiger partial charge in [-0.25, -0.2) is 18.3 Å². The van der Waals surface area contributed by atoms with Gasteiger partial charge in [0.25, 0.3) is 0 Å². The minimum absolute atomic E-state index is 0.110. The minimum atomic E-state index is -0.883. The molecule has 1 aromatic carbocycles. The summed E-state index contributed by atoms with van der Waals surface area (Å²) >= 11 is 0. The smallest absolute Gasteiger partial charge is 0.139 e. The SMILES string of the molecule is C[C@@H]1C[C@H](N)CN(c2ccncc2Cc2ncc3ccc(-c4c(F)cc(O)cc4F)nn23)C1. The molecule has 3 aromatic heterocycles. The summed E-state index contributed by atoms with van der Waals surface area (Å²) in [6.45, 7) is 3.88. The van der Waals surface area contributed by atoms with E-state index in [9.17, 15) is 13.9 Å². The standard InChI is InChI=1S/C24H24F2N6O/c1-14-6-16(27)13-31(12-14)22-4-5-28-10-15(22)7-23-29-11-17-2-3-21(30-32(17)23)24-19(25)8-18(33)9-20(24)26/h2-5,8-11,14,16,33H,6-7,12-13,27H2,1H3/t14-,16+/m1/s1. The zero-order valence-electron chi connectivity index (χ0n) is 18.1. The molecular formula is C24H24F2N6O. The molecule has 0 spiro atoms. The van der Waals surface area contributed by atoms with Crippen molar-refractivity contribution in [1.82, 2.24) is 19.6 Å². The molecular weight excluding hydrogens is 426 g/mol. The molecule has 4 aromatic rings. The molecule has 9 heteroatoms. The highest BCUT2D eigenvalue weighted by Gasteiger charge is 2.24. The maximum atomic E-state index is 14.4. The minimum Gasteiger partial charge on any atom is -0.508 e. The Kier molecular flexibility index (Phi) is 5.41. The van der Waals surface area contributed by atoms with Crippen molar-refractivity contribution in [2.45, 2.75) is 25.8 Å². The summed E-state index contributed by atoms with van der Waals surface area (Å²) in [4.78, 5) is 11.1. The molecule has 1 fully saturated rings. The van der Waals surface area contributed by atoms with Crippen molar-refractivity contribution < 1.29 is 13.9 Å². The fourth-order valence-electron chi connectivity index (χ4n) is 4.62. The van der Waals surface area contributed by atoms with Crippen LogP contribution in [0, 0.1) is 17.6 Å². The van der Waals surface area contributed by atoms with Crippen molar-refractivity contribution in [1.29, 1.82) is 0 Å². The number of pyridine rings is 1. The first-order valence-electron chi connectivity index (χ1n) is 10.8. The van der Waals surface area contributed by atoms with E-state index in [2.05, 4.69) is 26.9 Å². The molecule has 0 saturated carbocycles. The van der Waals surface area contributed by atoms with Gasteiger partial charge in [0.1, 0.15) is 23.2 Å². The number of nitrogens with two attached hydrogens (primary N) is 1. The second-order valence-corrected chi connectivity index (χ2v) is 8.70. The third kappa shape index (κ3) is 4.11. The zero-order valence-corrected chi connectivity index (χ0v) is 18.1. The number of phenolic OH excluding ortho intramolecular Hbond substituents is 1. The number of piperidine rings is 1. The molecule has 0 unspecified atom stereocenters. The Hall–Kier alpha value is -3.59. The Morgan fingerprint density at radius 2 is 1.91 bits per heavy atom. The second kappa shape index (κ2) is 8.40. The van der Waals surface area contributed by atoms with Gasteiger partial charge in [0.2, 0.25) is 0 Å². The van der Waals surface area contributed by atoms with E-state index in [1.54, 1.807) is 23.0 Å². The molecule has 0 aliphatic carbocycles. The van der Waals surface area contributed by atoms with Gasteiger partial charge >= 0.3 is 0 Å². The van der Waals surface area contributed by atoms with E-state index in [4.69, 9.17) is 5.73 Å². The van der Waals surface area contributed by atoms with Crippen LogP contribution >= 0.6 is 0 Å². The number of hydrogen-bond acceptors (Lipinski definition) is 6. The summed E-state index contributed by atoms with van der Waals surface area (Å²) in [6.07, 6.45) is 6.68. The van der Waals surface area contributed by atoms with E-state index in [-0.39, 0.29) is 17.3 Å². The number of benzene rings is 1. The summed E-state index contributed by atoms with van der Waals surface area (Å²) < 4.78 is 30.4. The van der Waals surface area contributed by atoms with Gasteiger partial charge in [-0.3, -0.25) is 4.98 Å². The highest BCUT2D eigenvalue weighted by molar-refractivity contribution is 5.64. The molecule has 5 rings (SSSR count). The maximum absolute atomic E-state index is 14.4. The van der Waals surface area contributed by atoms with E-state index in [0.29, 0.717) is 23.7 Å². The van der Waals surface area contributed by atoms with Crippen LogP contribution in [0.3, 0.4) is 0 Å². The van der Waals surface area contributed by atoms with Gasteiger partial charge in [0.15, 0.2) is 0 Å². The lowest BCUT2D eigenvalue weighted by Gasteiger charge is -2.37. The van der Waals surface area contributed by atoms with Gasteiger partial charge in [-0.05, 0) is 30.5 Å². The molecule has 7 nitrogen and oxygen atoms in total. The predicted octanol–water partition coefficient (Wildman–Crippen LogP) is 3.54. The van der Waals surface area contributed by atoms with E-state index in [1.165, 1.54) is 6.07 Å². The summed E-state index contributed by atoms with van der Waals surface area (Å²) in [6, 6.07) is 7.07. The van der Waals surface area contributed by atoms with Crippen molar-refractivity contribution in [3.05, 3.63) is 71.9 Å². The summed E-state index contributed by atoms with van der Waals surface area (Å²) in [5, 5.41) is 13.9. The van der Waals surface area contributed by atoms with Gasteiger partial charge in [-0.2, -0.15) is 5.10 Å². The van der Waals surface area contributed by atoms with Crippen molar-refractivity contribution in [3.8, 4) is 17.0 Å². The van der Waals surface area contributed by atoms with Crippen molar-refractivity contribution in [2.24, 2.45) is 11.7 Å². The molecule has 1 aliphatic heterocycles. The number of rotatable bonds is 4. The van der Waals surface area contributed by atoms with Crippen molar-refractivity contribution >= 4 is 11.2 Å². The summed E-state index contributed by atoms with van der Waals surface area (Å²) in [7, 11) is 0. The van der Waals surface area contributed by atoms with Gasteiger partial charge in [0.05, 0.1) is 23.0 Å². The van der Waals surface area contributed by atoms with E-state index >= 15 is 0 Å². The second-order valence-electron chi connectivity index (χ2n) is 8.70. The molecule has 4 heterocycles. The Balaban J connectivity index is 1.52. The average Bonchev–Trinajstić information content (AvgIpc) is 3.15. The first kappa shape index (κ1) is 21.3. The Morgan fingerprint density at radius 1 is 1.12 bits per heavy atom. The van der Waals surface area contributed by atoms with Gasteiger partial charge in [-0.1, -0.05) is 6.92 Å². The fourth-order valence-corrected chi connectivity index (χ4v) is 4.62. The average molecular weight is 450 g/mol. The maximum Gasteiger partial charge on any atom is 0.139 e. The van der Waals surface area contributed by atoms with Gasteiger partial charge in [0, 0.05) is 61.3 Å². The lowest BCUT2D eigenvalue weighted by atomic mass is 9.95. The molecule has 170 valence electrons. The number of imidazole rings is 1. The fraction of sp³-hybridized carbons (Fsp3) is 0.292. The molecule has 3 N–H and O–H groups in total. The molecule has 33 heavy (non-hydrogen) atoms. The zero-order chi connectivity index (χ0) is 23.1. The highest BCUT2D eigenvalue weighted by Crippen LogP contribution is 2.30. The largest absolute Gasteiger partial charge is 0.508 e.